The van der Waals surface area contributed by atoms with E-state index < -0.39 is 0 Å². The van der Waals surface area contributed by atoms with Crippen molar-refractivity contribution in [1.82, 2.24) is 15.5 Å². The van der Waals surface area contributed by atoms with Gasteiger partial charge >= 0.3 is 0 Å². The van der Waals surface area contributed by atoms with Crippen LogP contribution in [0.15, 0.2) is 4.99 Å². The second-order valence-corrected chi connectivity index (χ2v) is 7.01. The first kappa shape index (κ1) is 23.5. The summed E-state index contributed by atoms with van der Waals surface area (Å²) in [4.78, 5) is 18.1. The number of amides is 1. The SMILES string of the molecule is CCNC(=NCCCN1CCCC1=O)NCCCOC1CCCCC1.I. The van der Waals surface area contributed by atoms with Crippen molar-refractivity contribution < 1.29 is 9.53 Å². The number of hydrogen-bond donors (Lipinski definition) is 2. The molecule has 1 aliphatic carbocycles. The third-order valence-electron chi connectivity index (χ3n) is 4.89. The Balaban J connectivity index is 0.00000338. The number of carbonyl (C=O) groups is 1. The summed E-state index contributed by atoms with van der Waals surface area (Å²) in [5, 5.41) is 6.65. The second kappa shape index (κ2) is 14.5. The number of hydrogen-bond acceptors (Lipinski definition) is 3. The molecule has 2 fully saturated rings. The number of likely N-dealkylation sites (tertiary alicyclic amines) is 1. The monoisotopic (exact) mass is 480 g/mol. The van der Waals surface area contributed by atoms with E-state index in [1.807, 2.05) is 4.90 Å². The highest BCUT2D eigenvalue weighted by molar-refractivity contribution is 14.0. The van der Waals surface area contributed by atoms with E-state index in [1.165, 1.54) is 32.1 Å². The van der Waals surface area contributed by atoms with E-state index in [-0.39, 0.29) is 24.0 Å². The first-order valence-corrected chi connectivity index (χ1v) is 10.2. The second-order valence-electron chi connectivity index (χ2n) is 7.01. The smallest absolute Gasteiger partial charge is 0.222 e. The first-order valence-electron chi connectivity index (χ1n) is 10.2. The van der Waals surface area contributed by atoms with Crippen LogP contribution in [0.1, 0.15) is 64.7 Å². The number of ether oxygens (including phenoxy) is 1. The molecule has 7 heteroatoms. The minimum atomic E-state index is 0. The van der Waals surface area contributed by atoms with Crippen LogP contribution in [0.5, 0.6) is 0 Å². The Bertz CT molecular complexity index is 414. The van der Waals surface area contributed by atoms with Gasteiger partial charge in [-0.2, -0.15) is 0 Å². The van der Waals surface area contributed by atoms with Crippen LogP contribution in [0.4, 0.5) is 0 Å². The van der Waals surface area contributed by atoms with Crippen LogP contribution in [0.25, 0.3) is 0 Å². The van der Waals surface area contributed by atoms with Gasteiger partial charge in [-0.1, -0.05) is 19.3 Å². The van der Waals surface area contributed by atoms with Crippen LogP contribution in [-0.2, 0) is 9.53 Å². The lowest BCUT2D eigenvalue weighted by Crippen LogP contribution is -2.38. The highest BCUT2D eigenvalue weighted by Crippen LogP contribution is 2.20. The fraction of sp³-hybridized carbons (Fsp3) is 0.895. The van der Waals surface area contributed by atoms with E-state index in [2.05, 4.69) is 22.5 Å². The number of halogens is 1. The molecule has 0 aromatic heterocycles. The molecule has 0 radical (unpaired) electrons. The molecule has 0 atom stereocenters. The summed E-state index contributed by atoms with van der Waals surface area (Å²) >= 11 is 0. The molecule has 2 rings (SSSR count). The number of nitrogens with zero attached hydrogens (tertiary/aromatic N) is 2. The fourth-order valence-corrected chi connectivity index (χ4v) is 3.50. The van der Waals surface area contributed by atoms with Gasteiger partial charge in [0, 0.05) is 45.8 Å². The van der Waals surface area contributed by atoms with E-state index in [1.54, 1.807) is 0 Å². The Morgan fingerprint density at radius 2 is 2.00 bits per heavy atom. The largest absolute Gasteiger partial charge is 0.378 e. The van der Waals surface area contributed by atoms with Gasteiger partial charge in [0.05, 0.1) is 6.10 Å². The molecule has 0 aromatic carbocycles. The van der Waals surface area contributed by atoms with E-state index in [0.717, 1.165) is 71.0 Å². The standard InChI is InChI=1S/C19H36N4O2.HI/c1-2-20-19(21-12-7-15-23-14-6-11-18(23)24)22-13-8-16-25-17-9-4-3-5-10-17;/h17H,2-16H2,1H3,(H2,20,21,22);1H. The number of nitrogens with one attached hydrogen (secondary N) is 2. The summed E-state index contributed by atoms with van der Waals surface area (Å²) < 4.78 is 5.95. The van der Waals surface area contributed by atoms with Gasteiger partial charge in [0.25, 0.3) is 0 Å². The zero-order valence-corrected chi connectivity index (χ0v) is 18.6. The average Bonchev–Trinajstić information content (AvgIpc) is 3.04. The molecule has 1 aliphatic heterocycles. The van der Waals surface area contributed by atoms with Crippen molar-refractivity contribution in [3.8, 4) is 0 Å². The fourth-order valence-electron chi connectivity index (χ4n) is 3.50. The van der Waals surface area contributed by atoms with Gasteiger partial charge in [-0.05, 0) is 39.0 Å². The molecule has 0 aromatic rings. The molecule has 2 aliphatic rings. The lowest BCUT2D eigenvalue weighted by molar-refractivity contribution is -0.127. The van der Waals surface area contributed by atoms with Gasteiger partial charge in [-0.3, -0.25) is 9.79 Å². The zero-order chi connectivity index (χ0) is 17.7. The number of carbonyl (C=O) groups excluding carboxylic acids is 1. The Labute approximate surface area is 175 Å². The van der Waals surface area contributed by atoms with Crippen LogP contribution in [0, 0.1) is 0 Å². The molecule has 152 valence electrons. The molecule has 0 spiro atoms. The summed E-state index contributed by atoms with van der Waals surface area (Å²) in [7, 11) is 0. The molecule has 0 bridgehead atoms. The topological polar surface area (TPSA) is 66.0 Å². The van der Waals surface area contributed by atoms with E-state index in [4.69, 9.17) is 4.74 Å². The van der Waals surface area contributed by atoms with Gasteiger partial charge < -0.3 is 20.3 Å². The molecule has 1 amide bonds. The van der Waals surface area contributed by atoms with Crippen molar-refractivity contribution >= 4 is 35.8 Å². The Kier molecular flexibility index (Phi) is 13.1. The van der Waals surface area contributed by atoms with Gasteiger partial charge in [0.2, 0.25) is 5.91 Å². The van der Waals surface area contributed by atoms with Crippen molar-refractivity contribution in [2.75, 3.05) is 39.3 Å². The number of aliphatic imine (C=N–C) groups is 1. The molecular weight excluding hydrogens is 443 g/mol. The Morgan fingerprint density at radius 1 is 1.19 bits per heavy atom. The van der Waals surface area contributed by atoms with Crippen LogP contribution in [-0.4, -0.2) is 62.2 Å². The highest BCUT2D eigenvalue weighted by Gasteiger charge is 2.18. The third-order valence-corrected chi connectivity index (χ3v) is 4.89. The maximum atomic E-state index is 11.6. The molecule has 1 heterocycles. The predicted octanol–water partition coefficient (Wildman–Crippen LogP) is 2.91. The van der Waals surface area contributed by atoms with Gasteiger partial charge in [0.1, 0.15) is 0 Å². The maximum absolute atomic E-state index is 11.6. The Hall–Kier alpha value is -0.570. The zero-order valence-electron chi connectivity index (χ0n) is 16.3. The van der Waals surface area contributed by atoms with Crippen molar-refractivity contribution in [3.05, 3.63) is 0 Å². The molecule has 26 heavy (non-hydrogen) atoms. The molecule has 6 nitrogen and oxygen atoms in total. The Morgan fingerprint density at radius 3 is 2.69 bits per heavy atom. The lowest BCUT2D eigenvalue weighted by Gasteiger charge is -2.22. The van der Waals surface area contributed by atoms with E-state index in [9.17, 15) is 4.79 Å². The summed E-state index contributed by atoms with van der Waals surface area (Å²) in [6.45, 7) is 7.13. The normalized spacial score (nSPS) is 18.7. The minimum absolute atomic E-state index is 0. The predicted molar refractivity (Wildman–Crippen MR) is 117 cm³/mol. The average molecular weight is 480 g/mol. The number of guanidine groups is 1. The number of rotatable bonds is 10. The minimum Gasteiger partial charge on any atom is -0.378 e. The van der Waals surface area contributed by atoms with Gasteiger partial charge in [-0.15, -0.1) is 24.0 Å². The molecule has 0 unspecified atom stereocenters. The maximum Gasteiger partial charge on any atom is 0.222 e. The summed E-state index contributed by atoms with van der Waals surface area (Å²) in [5.41, 5.74) is 0. The quantitative estimate of drug-likeness (QED) is 0.219. The van der Waals surface area contributed by atoms with E-state index >= 15 is 0 Å². The third kappa shape index (κ3) is 9.39. The van der Waals surface area contributed by atoms with Crippen LogP contribution < -0.4 is 10.6 Å². The van der Waals surface area contributed by atoms with Crippen LogP contribution in [0.2, 0.25) is 0 Å². The van der Waals surface area contributed by atoms with Crippen LogP contribution in [0.3, 0.4) is 0 Å². The van der Waals surface area contributed by atoms with Crippen molar-refractivity contribution in [2.24, 2.45) is 4.99 Å². The van der Waals surface area contributed by atoms with Crippen LogP contribution >= 0.6 is 24.0 Å². The van der Waals surface area contributed by atoms with Gasteiger partial charge in [-0.25, -0.2) is 0 Å². The van der Waals surface area contributed by atoms with Crippen molar-refractivity contribution in [1.29, 1.82) is 0 Å². The molecule has 2 N–H and O–H groups in total. The van der Waals surface area contributed by atoms with E-state index in [0.29, 0.717) is 12.0 Å². The molecule has 1 saturated carbocycles. The summed E-state index contributed by atoms with van der Waals surface area (Å²) in [6.07, 6.45) is 10.6. The van der Waals surface area contributed by atoms with Crippen molar-refractivity contribution in [2.45, 2.75) is 70.8 Å². The lowest BCUT2D eigenvalue weighted by atomic mass is 9.98. The first-order chi connectivity index (χ1) is 12.3. The summed E-state index contributed by atoms with van der Waals surface area (Å²) in [5.74, 6) is 1.17. The van der Waals surface area contributed by atoms with Gasteiger partial charge in [0.15, 0.2) is 5.96 Å². The highest BCUT2D eigenvalue weighted by atomic mass is 127. The van der Waals surface area contributed by atoms with Crippen molar-refractivity contribution in [3.63, 3.8) is 0 Å². The summed E-state index contributed by atoms with van der Waals surface area (Å²) in [6, 6.07) is 0. The molecular formula is C19H37IN4O2. The molecule has 1 saturated heterocycles.